The number of benzene rings is 4. The molecule has 0 bridgehead atoms. The van der Waals surface area contributed by atoms with Crippen LogP contribution < -0.4 is 19.5 Å². The molecule has 0 atom stereocenters. The smallest absolute Gasteiger partial charge is 0.264 e. The van der Waals surface area contributed by atoms with E-state index in [0.717, 1.165) is 56.9 Å². The maximum absolute atomic E-state index is 14.4. The number of ether oxygens (including phenoxy) is 2. The third kappa shape index (κ3) is 7.15. The van der Waals surface area contributed by atoms with Gasteiger partial charge in [-0.15, -0.1) is 0 Å². The molecule has 0 spiro atoms. The molecule has 4 aromatic carbocycles. The minimum atomic E-state index is -4.43. The maximum Gasteiger partial charge on any atom is 0.264 e. The molecule has 0 aliphatic heterocycles. The zero-order chi connectivity index (χ0) is 33.0. The van der Waals surface area contributed by atoms with Crippen LogP contribution in [0.25, 0.3) is 22.0 Å². The minimum absolute atomic E-state index is 0.00482. The molecule has 11 heteroatoms. The van der Waals surface area contributed by atoms with Crippen LogP contribution >= 0.6 is 0 Å². The Morgan fingerprint density at radius 3 is 2.30 bits per heavy atom. The van der Waals surface area contributed by atoms with Crippen LogP contribution in [0.2, 0.25) is 0 Å². The Hall–Kier alpha value is -5.55. The summed E-state index contributed by atoms with van der Waals surface area (Å²) in [5.74, 6) is -0.565. The number of hydrogen-bond donors (Lipinski definition) is 2. The van der Waals surface area contributed by atoms with Gasteiger partial charge in [-0.3, -0.25) is 4.72 Å². The van der Waals surface area contributed by atoms with Crippen LogP contribution in [0.1, 0.15) is 16.7 Å². The van der Waals surface area contributed by atoms with Crippen LogP contribution in [0.5, 0.6) is 11.6 Å². The molecule has 0 unspecified atom stereocenters. The fourth-order valence-electron chi connectivity index (χ4n) is 5.17. The molecule has 0 amide bonds. The number of aromatic nitrogens is 2. The zero-order valence-electron chi connectivity index (χ0n) is 25.5. The van der Waals surface area contributed by atoms with E-state index in [0.29, 0.717) is 24.6 Å². The number of sulfonamides is 1. The fraction of sp³-hybridized carbons (Fsp3) is 0.111. The molecule has 2 aromatic heterocycles. The lowest BCUT2D eigenvalue weighted by atomic mass is 10.0. The molecule has 0 radical (unpaired) electrons. The average molecular weight is 653 g/mol. The Morgan fingerprint density at radius 2 is 1.57 bits per heavy atom. The number of fused-ring (bicyclic) bond motifs is 1. The summed E-state index contributed by atoms with van der Waals surface area (Å²) in [7, 11) is -1.45. The van der Waals surface area contributed by atoms with Crippen LogP contribution in [-0.2, 0) is 23.0 Å². The van der Waals surface area contributed by atoms with Crippen molar-refractivity contribution in [2.75, 3.05) is 24.3 Å². The number of rotatable bonds is 11. The van der Waals surface area contributed by atoms with Gasteiger partial charge in [0.05, 0.1) is 19.7 Å². The van der Waals surface area contributed by atoms with E-state index in [2.05, 4.69) is 33.2 Å². The zero-order valence-corrected chi connectivity index (χ0v) is 26.3. The van der Waals surface area contributed by atoms with Crippen LogP contribution in [0.15, 0.2) is 114 Å². The normalized spacial score (nSPS) is 11.3. The van der Waals surface area contributed by atoms with E-state index in [1.54, 1.807) is 19.4 Å². The van der Waals surface area contributed by atoms with Gasteiger partial charge in [0.1, 0.15) is 33.8 Å². The molecule has 0 saturated heterocycles. The van der Waals surface area contributed by atoms with Gasteiger partial charge < -0.3 is 14.8 Å². The van der Waals surface area contributed by atoms with Gasteiger partial charge in [0.2, 0.25) is 5.88 Å². The molecule has 47 heavy (non-hydrogen) atoms. The van der Waals surface area contributed by atoms with Gasteiger partial charge in [0, 0.05) is 36.2 Å². The van der Waals surface area contributed by atoms with Gasteiger partial charge in [-0.1, -0.05) is 48.5 Å². The summed E-state index contributed by atoms with van der Waals surface area (Å²) < 4.78 is 66.8. The van der Waals surface area contributed by atoms with Crippen molar-refractivity contribution in [2.24, 2.45) is 0 Å². The van der Waals surface area contributed by atoms with Crippen LogP contribution in [0.3, 0.4) is 0 Å². The fourth-order valence-corrected chi connectivity index (χ4v) is 6.28. The van der Waals surface area contributed by atoms with Crippen molar-refractivity contribution >= 4 is 32.4 Å². The summed E-state index contributed by atoms with van der Waals surface area (Å²) in [6.07, 6.45) is 2.20. The van der Waals surface area contributed by atoms with Crippen molar-refractivity contribution in [1.29, 1.82) is 0 Å². The number of halogens is 2. The molecule has 2 heterocycles. The van der Waals surface area contributed by atoms with E-state index >= 15 is 0 Å². The summed E-state index contributed by atoms with van der Waals surface area (Å²) in [5, 5.41) is 4.37. The van der Waals surface area contributed by atoms with Gasteiger partial charge in [-0.2, -0.15) is 0 Å². The standard InChI is InChI=1S/C36H30F2N4O4S/c1-45-30-12-8-24(9-13-30)21-39-35-27(16-23-6-4-3-5-7-23)18-26-17-25(10-14-32(26)41-35)28-19-33(36(46-2)40-22-28)42-47(43,44)34-15-11-29(37)20-31(34)38/h3-15,17-20,22,42H,16,21H2,1-2H3,(H,39,41). The highest BCUT2D eigenvalue weighted by Gasteiger charge is 2.22. The topological polar surface area (TPSA) is 102 Å². The predicted octanol–water partition coefficient (Wildman–Crippen LogP) is 7.60. The van der Waals surface area contributed by atoms with Crippen molar-refractivity contribution < 1.29 is 26.7 Å². The highest BCUT2D eigenvalue weighted by molar-refractivity contribution is 7.92. The molecule has 6 aromatic rings. The molecule has 0 saturated carbocycles. The van der Waals surface area contributed by atoms with Crippen molar-refractivity contribution in [1.82, 2.24) is 9.97 Å². The Bertz CT molecular complexity index is 2160. The summed E-state index contributed by atoms with van der Waals surface area (Å²) >= 11 is 0. The number of anilines is 2. The number of methoxy groups -OCH3 is 2. The Kier molecular flexibility index (Phi) is 8.99. The molecular formula is C36H30F2N4O4S. The van der Waals surface area contributed by atoms with E-state index in [1.165, 1.54) is 7.11 Å². The number of hydrogen-bond acceptors (Lipinski definition) is 7. The molecule has 8 nitrogen and oxygen atoms in total. The van der Waals surface area contributed by atoms with Crippen LogP contribution in [0.4, 0.5) is 20.3 Å². The predicted molar refractivity (Wildman–Crippen MR) is 178 cm³/mol. The van der Waals surface area contributed by atoms with Gasteiger partial charge in [0.25, 0.3) is 10.0 Å². The van der Waals surface area contributed by atoms with E-state index in [-0.39, 0.29) is 11.6 Å². The Balaban J connectivity index is 1.34. The SMILES string of the molecule is COc1ccc(CNc2nc3ccc(-c4cnc(OC)c(NS(=O)(=O)c5ccc(F)cc5F)c4)cc3cc2Cc2ccccc2)cc1. The summed E-state index contributed by atoms with van der Waals surface area (Å²) in [4.78, 5) is 8.55. The first-order valence-corrected chi connectivity index (χ1v) is 16.1. The van der Waals surface area contributed by atoms with E-state index < -0.39 is 26.6 Å². The number of pyridine rings is 2. The van der Waals surface area contributed by atoms with Crippen molar-refractivity contribution in [3.63, 3.8) is 0 Å². The lowest BCUT2D eigenvalue weighted by molar-refractivity contribution is 0.400. The summed E-state index contributed by atoms with van der Waals surface area (Å²) in [6, 6.07) is 29.5. The quantitative estimate of drug-likeness (QED) is 0.149. The highest BCUT2D eigenvalue weighted by Crippen LogP contribution is 2.33. The molecule has 0 fully saturated rings. The van der Waals surface area contributed by atoms with E-state index in [1.807, 2.05) is 60.7 Å². The third-order valence-corrected chi connectivity index (χ3v) is 8.95. The lowest BCUT2D eigenvalue weighted by Crippen LogP contribution is -2.15. The van der Waals surface area contributed by atoms with Gasteiger partial charge in [-0.05, 0) is 70.8 Å². The molecule has 2 N–H and O–H groups in total. The second kappa shape index (κ2) is 13.4. The van der Waals surface area contributed by atoms with E-state index in [9.17, 15) is 17.2 Å². The summed E-state index contributed by atoms with van der Waals surface area (Å²) in [5.41, 5.74) is 5.29. The average Bonchev–Trinajstić information content (AvgIpc) is 3.07. The Morgan fingerprint density at radius 1 is 0.787 bits per heavy atom. The molecule has 238 valence electrons. The molecular weight excluding hydrogens is 622 g/mol. The van der Waals surface area contributed by atoms with Crippen molar-refractivity contribution in [3.05, 3.63) is 138 Å². The lowest BCUT2D eigenvalue weighted by Gasteiger charge is -2.15. The van der Waals surface area contributed by atoms with Crippen LogP contribution in [-0.4, -0.2) is 32.6 Å². The van der Waals surface area contributed by atoms with Gasteiger partial charge >= 0.3 is 0 Å². The van der Waals surface area contributed by atoms with Gasteiger partial charge in [0.15, 0.2) is 0 Å². The second-order valence-electron chi connectivity index (χ2n) is 10.7. The van der Waals surface area contributed by atoms with Crippen molar-refractivity contribution in [3.8, 4) is 22.8 Å². The third-order valence-electron chi connectivity index (χ3n) is 7.56. The monoisotopic (exact) mass is 652 g/mol. The van der Waals surface area contributed by atoms with Crippen LogP contribution in [0, 0.1) is 11.6 Å². The first-order chi connectivity index (χ1) is 22.7. The first kappa shape index (κ1) is 31.4. The highest BCUT2D eigenvalue weighted by atomic mass is 32.2. The van der Waals surface area contributed by atoms with Gasteiger partial charge in [-0.25, -0.2) is 27.2 Å². The van der Waals surface area contributed by atoms with E-state index in [4.69, 9.17) is 14.5 Å². The molecule has 0 aliphatic carbocycles. The molecule has 6 rings (SSSR count). The number of nitrogens with one attached hydrogen (secondary N) is 2. The first-order valence-electron chi connectivity index (χ1n) is 14.6. The van der Waals surface area contributed by atoms with Crippen molar-refractivity contribution in [2.45, 2.75) is 17.9 Å². The Labute approximate surface area is 271 Å². The largest absolute Gasteiger partial charge is 0.497 e. The number of nitrogens with zero attached hydrogens (tertiary/aromatic N) is 2. The molecule has 0 aliphatic rings. The maximum atomic E-state index is 14.4. The second-order valence-corrected chi connectivity index (χ2v) is 12.4. The minimum Gasteiger partial charge on any atom is -0.497 e. The summed E-state index contributed by atoms with van der Waals surface area (Å²) in [6.45, 7) is 0.570.